The van der Waals surface area contributed by atoms with Gasteiger partial charge in [-0.25, -0.2) is 0 Å². The van der Waals surface area contributed by atoms with E-state index in [1.807, 2.05) is 0 Å². The molecule has 116 valence electrons. The molecule has 1 aliphatic carbocycles. The molecule has 0 aromatic carbocycles. The van der Waals surface area contributed by atoms with Crippen molar-refractivity contribution < 1.29 is 0 Å². The molecule has 0 radical (unpaired) electrons. The lowest BCUT2D eigenvalue weighted by molar-refractivity contribution is -0.0489. The maximum Gasteiger partial charge on any atom is 0.00514 e. The molecule has 2 heteroatoms. The summed E-state index contributed by atoms with van der Waals surface area (Å²) >= 11 is 0. The van der Waals surface area contributed by atoms with E-state index < -0.39 is 0 Å². The number of rotatable bonds is 4. The third kappa shape index (κ3) is 3.39. The number of nitrogens with zero attached hydrogens (tertiary/aromatic N) is 2. The van der Waals surface area contributed by atoms with Crippen molar-refractivity contribution >= 4 is 0 Å². The van der Waals surface area contributed by atoms with Crippen LogP contribution in [0, 0.1) is 17.3 Å². The van der Waals surface area contributed by atoms with Gasteiger partial charge in [0.1, 0.15) is 0 Å². The molecule has 0 aromatic rings. The van der Waals surface area contributed by atoms with E-state index in [0.717, 1.165) is 17.3 Å². The van der Waals surface area contributed by atoms with E-state index in [1.54, 1.807) is 0 Å². The van der Waals surface area contributed by atoms with Gasteiger partial charge >= 0.3 is 0 Å². The Morgan fingerprint density at radius 3 is 2.20 bits per heavy atom. The molecule has 0 bridgehead atoms. The molecular formula is C18H34N2. The van der Waals surface area contributed by atoms with Crippen LogP contribution in [0.3, 0.4) is 0 Å². The predicted octanol–water partition coefficient (Wildman–Crippen LogP) is 3.62. The highest BCUT2D eigenvalue weighted by Crippen LogP contribution is 2.41. The lowest BCUT2D eigenvalue weighted by atomic mass is 9.71. The molecule has 2 aliphatic heterocycles. The number of hydrogen-bond donors (Lipinski definition) is 0. The van der Waals surface area contributed by atoms with E-state index in [0.29, 0.717) is 0 Å². The quantitative estimate of drug-likeness (QED) is 0.775. The van der Waals surface area contributed by atoms with Gasteiger partial charge in [0.15, 0.2) is 0 Å². The van der Waals surface area contributed by atoms with Gasteiger partial charge in [-0.15, -0.1) is 0 Å². The van der Waals surface area contributed by atoms with Crippen molar-refractivity contribution in [1.29, 1.82) is 0 Å². The first-order valence-corrected chi connectivity index (χ1v) is 9.14. The zero-order chi connectivity index (χ0) is 14.0. The molecule has 3 aliphatic rings. The van der Waals surface area contributed by atoms with E-state index in [4.69, 9.17) is 0 Å². The molecule has 0 N–H and O–H groups in total. The van der Waals surface area contributed by atoms with Gasteiger partial charge in [-0.1, -0.05) is 26.7 Å². The highest BCUT2D eigenvalue weighted by atomic mass is 15.2. The molecule has 2 saturated heterocycles. The van der Waals surface area contributed by atoms with Gasteiger partial charge in [0.05, 0.1) is 0 Å². The first-order chi connectivity index (χ1) is 9.69. The summed E-state index contributed by atoms with van der Waals surface area (Å²) in [6, 6.07) is 0. The van der Waals surface area contributed by atoms with Gasteiger partial charge in [0, 0.05) is 19.6 Å². The van der Waals surface area contributed by atoms with Gasteiger partial charge < -0.3 is 9.80 Å². The Morgan fingerprint density at radius 2 is 1.60 bits per heavy atom. The first-order valence-electron chi connectivity index (χ1n) is 9.14. The highest BCUT2D eigenvalue weighted by molar-refractivity contribution is 4.98. The van der Waals surface area contributed by atoms with Crippen LogP contribution >= 0.6 is 0 Å². The lowest BCUT2D eigenvalue weighted by Gasteiger charge is -2.54. The van der Waals surface area contributed by atoms with Gasteiger partial charge in [-0.05, 0) is 69.0 Å². The van der Waals surface area contributed by atoms with Crippen molar-refractivity contribution in [2.45, 2.75) is 58.8 Å². The summed E-state index contributed by atoms with van der Waals surface area (Å²) < 4.78 is 0. The molecule has 1 spiro atoms. The van der Waals surface area contributed by atoms with Crippen molar-refractivity contribution in [2.24, 2.45) is 17.3 Å². The van der Waals surface area contributed by atoms with E-state index in [-0.39, 0.29) is 0 Å². The van der Waals surface area contributed by atoms with Crippen LogP contribution in [0.25, 0.3) is 0 Å². The van der Waals surface area contributed by atoms with Crippen molar-refractivity contribution in [2.75, 3.05) is 39.3 Å². The second-order valence-electron chi connectivity index (χ2n) is 8.14. The van der Waals surface area contributed by atoms with E-state index in [1.165, 1.54) is 84.2 Å². The Hall–Kier alpha value is -0.0800. The van der Waals surface area contributed by atoms with Crippen LogP contribution in [0.4, 0.5) is 0 Å². The fraction of sp³-hybridized carbons (Fsp3) is 1.00. The van der Waals surface area contributed by atoms with Crippen molar-refractivity contribution in [3.8, 4) is 0 Å². The van der Waals surface area contributed by atoms with Gasteiger partial charge in [0.2, 0.25) is 0 Å². The Bertz CT molecular complexity index is 291. The van der Waals surface area contributed by atoms with Gasteiger partial charge in [0.25, 0.3) is 0 Å². The molecule has 20 heavy (non-hydrogen) atoms. The SMILES string of the molecule is CCCN1CC2(CCN(CC3CCC(C)CC3)CC2)C1. The van der Waals surface area contributed by atoms with Crippen molar-refractivity contribution in [3.63, 3.8) is 0 Å². The summed E-state index contributed by atoms with van der Waals surface area (Å²) in [6.45, 7) is 13.0. The lowest BCUT2D eigenvalue weighted by Crippen LogP contribution is -2.60. The van der Waals surface area contributed by atoms with E-state index >= 15 is 0 Å². The second-order valence-corrected chi connectivity index (χ2v) is 8.14. The molecular weight excluding hydrogens is 244 g/mol. The van der Waals surface area contributed by atoms with E-state index in [2.05, 4.69) is 23.6 Å². The average molecular weight is 278 g/mol. The molecule has 1 saturated carbocycles. The van der Waals surface area contributed by atoms with Crippen LogP contribution in [0.5, 0.6) is 0 Å². The maximum absolute atomic E-state index is 2.79. The van der Waals surface area contributed by atoms with E-state index in [9.17, 15) is 0 Å². The zero-order valence-electron chi connectivity index (χ0n) is 13.7. The molecule has 0 unspecified atom stereocenters. The Kier molecular flexibility index (Phi) is 4.72. The Morgan fingerprint density at radius 1 is 0.950 bits per heavy atom. The van der Waals surface area contributed by atoms with Crippen LogP contribution in [0.15, 0.2) is 0 Å². The molecule has 3 rings (SSSR count). The molecule has 3 fully saturated rings. The summed E-state index contributed by atoms with van der Waals surface area (Å²) in [7, 11) is 0. The highest BCUT2D eigenvalue weighted by Gasteiger charge is 2.44. The first kappa shape index (κ1) is 14.8. The maximum atomic E-state index is 2.79. The molecule has 2 heterocycles. The van der Waals surface area contributed by atoms with Crippen LogP contribution in [-0.2, 0) is 0 Å². The minimum absolute atomic E-state index is 0.729. The number of piperidine rings is 1. The minimum Gasteiger partial charge on any atom is -0.303 e. The Labute approximate surface area is 125 Å². The van der Waals surface area contributed by atoms with Crippen LogP contribution in [-0.4, -0.2) is 49.1 Å². The Balaban J connectivity index is 1.37. The van der Waals surface area contributed by atoms with Gasteiger partial charge in [-0.3, -0.25) is 0 Å². The summed E-state index contributed by atoms with van der Waals surface area (Å²) in [4.78, 5) is 5.45. The summed E-state index contributed by atoms with van der Waals surface area (Å²) in [5.74, 6) is 2.01. The van der Waals surface area contributed by atoms with Gasteiger partial charge in [-0.2, -0.15) is 0 Å². The smallest absolute Gasteiger partial charge is 0.00514 e. The number of hydrogen-bond acceptors (Lipinski definition) is 2. The molecule has 0 amide bonds. The third-order valence-electron chi connectivity index (χ3n) is 6.23. The summed E-state index contributed by atoms with van der Waals surface area (Å²) in [6.07, 6.45) is 10.2. The normalized spacial score (nSPS) is 35.1. The fourth-order valence-corrected chi connectivity index (χ4v) is 4.78. The zero-order valence-corrected chi connectivity index (χ0v) is 13.7. The standard InChI is InChI=1S/C18H34N2/c1-3-10-20-14-18(15-20)8-11-19(12-9-18)13-17-6-4-16(2)5-7-17/h16-17H,3-15H2,1-2H3. The van der Waals surface area contributed by atoms with Crippen LogP contribution in [0.2, 0.25) is 0 Å². The average Bonchev–Trinajstić information content (AvgIpc) is 2.42. The monoisotopic (exact) mass is 278 g/mol. The minimum atomic E-state index is 0.729. The molecule has 0 atom stereocenters. The summed E-state index contributed by atoms with van der Waals surface area (Å²) in [5.41, 5.74) is 0.729. The topological polar surface area (TPSA) is 6.48 Å². The fourth-order valence-electron chi connectivity index (χ4n) is 4.78. The summed E-state index contributed by atoms with van der Waals surface area (Å²) in [5, 5.41) is 0. The second kappa shape index (κ2) is 6.36. The van der Waals surface area contributed by atoms with Crippen molar-refractivity contribution in [3.05, 3.63) is 0 Å². The van der Waals surface area contributed by atoms with Crippen LogP contribution < -0.4 is 0 Å². The molecule has 0 aromatic heterocycles. The third-order valence-corrected chi connectivity index (χ3v) is 6.23. The largest absolute Gasteiger partial charge is 0.303 e. The number of likely N-dealkylation sites (tertiary alicyclic amines) is 2. The molecule has 2 nitrogen and oxygen atoms in total. The predicted molar refractivity (Wildman–Crippen MR) is 86.0 cm³/mol. The van der Waals surface area contributed by atoms with Crippen LogP contribution in [0.1, 0.15) is 58.8 Å². The van der Waals surface area contributed by atoms with Crippen molar-refractivity contribution in [1.82, 2.24) is 9.80 Å².